The van der Waals surface area contributed by atoms with Crippen molar-refractivity contribution in [1.29, 1.82) is 0 Å². The summed E-state index contributed by atoms with van der Waals surface area (Å²) in [6.07, 6.45) is 2.44. The summed E-state index contributed by atoms with van der Waals surface area (Å²) in [5, 5.41) is 9.06. The summed E-state index contributed by atoms with van der Waals surface area (Å²) >= 11 is 0. The molecule has 2 aliphatic heterocycles. The molecule has 124 valence electrons. The average molecular weight is 312 g/mol. The summed E-state index contributed by atoms with van der Waals surface area (Å²) < 4.78 is 5.53. The first-order valence-electron chi connectivity index (χ1n) is 7.79. The lowest BCUT2D eigenvalue weighted by molar-refractivity contribution is -0.149. The highest BCUT2D eigenvalue weighted by molar-refractivity contribution is 5.87. The molecule has 2 heterocycles. The molecule has 0 aromatic carbocycles. The standard InChI is InChI=1S/C15H24N2O5/c1-10-5-6-12(22-10)14(19)16(2)9-13(18)17-7-3-4-11(8-17)15(20)21/h10-12H,3-9H2,1-2H3,(H,20,21). The average Bonchev–Trinajstić information content (AvgIpc) is 2.93. The van der Waals surface area contributed by atoms with E-state index in [1.54, 1.807) is 11.9 Å². The maximum absolute atomic E-state index is 12.3. The number of nitrogens with zero attached hydrogens (tertiary/aromatic N) is 2. The summed E-state index contributed by atoms with van der Waals surface area (Å²) in [4.78, 5) is 38.4. The van der Waals surface area contributed by atoms with E-state index in [0.29, 0.717) is 25.8 Å². The molecule has 0 saturated carbocycles. The van der Waals surface area contributed by atoms with Gasteiger partial charge in [-0.15, -0.1) is 0 Å². The third kappa shape index (κ3) is 3.97. The van der Waals surface area contributed by atoms with E-state index >= 15 is 0 Å². The fraction of sp³-hybridized carbons (Fsp3) is 0.800. The SMILES string of the molecule is CC1CCC(C(=O)N(C)CC(=O)N2CCCC(C(=O)O)C2)O1. The van der Waals surface area contributed by atoms with Crippen LogP contribution in [0, 0.1) is 5.92 Å². The van der Waals surface area contributed by atoms with Crippen molar-refractivity contribution in [2.45, 2.75) is 44.8 Å². The Morgan fingerprint density at radius 2 is 2.00 bits per heavy atom. The minimum atomic E-state index is -0.865. The molecule has 3 atom stereocenters. The summed E-state index contributed by atoms with van der Waals surface area (Å²) in [5.74, 6) is -1.75. The van der Waals surface area contributed by atoms with Crippen molar-refractivity contribution in [3.8, 4) is 0 Å². The fourth-order valence-corrected chi connectivity index (χ4v) is 3.02. The highest BCUT2D eigenvalue weighted by Gasteiger charge is 2.33. The van der Waals surface area contributed by atoms with E-state index in [9.17, 15) is 14.4 Å². The van der Waals surface area contributed by atoms with E-state index in [2.05, 4.69) is 0 Å². The monoisotopic (exact) mass is 312 g/mol. The molecule has 0 radical (unpaired) electrons. The van der Waals surface area contributed by atoms with Gasteiger partial charge in [0.1, 0.15) is 6.10 Å². The Morgan fingerprint density at radius 3 is 2.59 bits per heavy atom. The van der Waals surface area contributed by atoms with Crippen LogP contribution in [0.4, 0.5) is 0 Å². The second-order valence-electron chi connectivity index (χ2n) is 6.22. The van der Waals surface area contributed by atoms with Crippen molar-refractivity contribution in [3.05, 3.63) is 0 Å². The van der Waals surface area contributed by atoms with Crippen molar-refractivity contribution >= 4 is 17.8 Å². The predicted octanol–water partition coefficient (Wildman–Crippen LogP) is 0.336. The minimum Gasteiger partial charge on any atom is -0.481 e. The highest BCUT2D eigenvalue weighted by Crippen LogP contribution is 2.21. The van der Waals surface area contributed by atoms with Gasteiger partial charge in [0, 0.05) is 20.1 Å². The van der Waals surface area contributed by atoms with Crippen molar-refractivity contribution < 1.29 is 24.2 Å². The second-order valence-corrected chi connectivity index (χ2v) is 6.22. The Hall–Kier alpha value is -1.63. The first-order valence-corrected chi connectivity index (χ1v) is 7.79. The number of carbonyl (C=O) groups is 3. The number of carboxylic acids is 1. The molecule has 0 aromatic rings. The van der Waals surface area contributed by atoms with Gasteiger partial charge in [-0.05, 0) is 32.6 Å². The molecule has 7 heteroatoms. The Labute approximate surface area is 130 Å². The molecule has 2 rings (SSSR count). The summed E-state index contributed by atoms with van der Waals surface area (Å²) in [6, 6.07) is 0. The van der Waals surface area contributed by atoms with Gasteiger partial charge in [0.05, 0.1) is 18.6 Å². The number of likely N-dealkylation sites (tertiary alicyclic amines) is 1. The van der Waals surface area contributed by atoms with E-state index in [1.807, 2.05) is 6.92 Å². The van der Waals surface area contributed by atoms with Gasteiger partial charge in [0.15, 0.2) is 0 Å². The van der Waals surface area contributed by atoms with E-state index in [4.69, 9.17) is 9.84 Å². The number of hydrogen-bond acceptors (Lipinski definition) is 4. The lowest BCUT2D eigenvalue weighted by Crippen LogP contribution is -2.48. The van der Waals surface area contributed by atoms with Crippen LogP contribution in [0.15, 0.2) is 0 Å². The molecule has 0 aromatic heterocycles. The van der Waals surface area contributed by atoms with Gasteiger partial charge in [-0.2, -0.15) is 0 Å². The Morgan fingerprint density at radius 1 is 1.27 bits per heavy atom. The fourth-order valence-electron chi connectivity index (χ4n) is 3.02. The van der Waals surface area contributed by atoms with E-state index < -0.39 is 18.0 Å². The number of ether oxygens (including phenoxy) is 1. The van der Waals surface area contributed by atoms with Crippen LogP contribution in [0.2, 0.25) is 0 Å². The maximum Gasteiger partial charge on any atom is 0.308 e. The van der Waals surface area contributed by atoms with Crippen LogP contribution < -0.4 is 0 Å². The first-order chi connectivity index (χ1) is 10.4. The smallest absolute Gasteiger partial charge is 0.308 e. The second kappa shape index (κ2) is 7.09. The minimum absolute atomic E-state index is 0.0284. The lowest BCUT2D eigenvalue weighted by atomic mass is 9.98. The third-order valence-corrected chi connectivity index (χ3v) is 4.38. The predicted molar refractivity (Wildman–Crippen MR) is 78.1 cm³/mol. The lowest BCUT2D eigenvalue weighted by Gasteiger charge is -2.32. The molecule has 2 amide bonds. The van der Waals surface area contributed by atoms with Crippen LogP contribution in [0.1, 0.15) is 32.6 Å². The Kier molecular flexibility index (Phi) is 5.39. The van der Waals surface area contributed by atoms with Crippen LogP contribution in [-0.4, -0.2) is 71.6 Å². The molecule has 2 aliphatic rings. The number of aliphatic carboxylic acids is 1. The van der Waals surface area contributed by atoms with Gasteiger partial charge in [0.25, 0.3) is 5.91 Å². The topological polar surface area (TPSA) is 87.2 Å². The summed E-state index contributed by atoms with van der Waals surface area (Å²) in [6.45, 7) is 2.69. The third-order valence-electron chi connectivity index (χ3n) is 4.38. The molecular formula is C15H24N2O5. The number of likely N-dealkylation sites (N-methyl/N-ethyl adjacent to an activating group) is 1. The molecule has 7 nitrogen and oxygen atoms in total. The molecule has 0 spiro atoms. The molecule has 0 bridgehead atoms. The van der Waals surface area contributed by atoms with Crippen LogP contribution >= 0.6 is 0 Å². The highest BCUT2D eigenvalue weighted by atomic mass is 16.5. The van der Waals surface area contributed by atoms with Gasteiger partial charge in [-0.3, -0.25) is 14.4 Å². The normalized spacial score (nSPS) is 28.5. The van der Waals surface area contributed by atoms with Crippen molar-refractivity contribution in [2.75, 3.05) is 26.7 Å². The number of rotatable bonds is 4. The van der Waals surface area contributed by atoms with Crippen molar-refractivity contribution in [2.24, 2.45) is 5.92 Å². The first kappa shape index (κ1) is 16.7. The van der Waals surface area contributed by atoms with E-state index in [1.165, 1.54) is 4.90 Å². The molecule has 22 heavy (non-hydrogen) atoms. The van der Waals surface area contributed by atoms with Gasteiger partial charge in [0.2, 0.25) is 5.91 Å². The molecule has 2 fully saturated rings. The largest absolute Gasteiger partial charge is 0.481 e. The zero-order valence-electron chi connectivity index (χ0n) is 13.2. The number of hydrogen-bond donors (Lipinski definition) is 1. The molecule has 0 aliphatic carbocycles. The van der Waals surface area contributed by atoms with Crippen LogP contribution in [0.25, 0.3) is 0 Å². The Bertz CT molecular complexity index is 453. The summed E-state index contributed by atoms with van der Waals surface area (Å²) in [5.41, 5.74) is 0. The van der Waals surface area contributed by atoms with Crippen molar-refractivity contribution in [1.82, 2.24) is 9.80 Å². The molecule has 1 N–H and O–H groups in total. The zero-order valence-corrected chi connectivity index (χ0v) is 13.2. The van der Waals surface area contributed by atoms with E-state index in [0.717, 1.165) is 6.42 Å². The number of carboxylic acid groups (broad SMARTS) is 1. The van der Waals surface area contributed by atoms with E-state index in [-0.39, 0.29) is 31.0 Å². The van der Waals surface area contributed by atoms with Gasteiger partial charge >= 0.3 is 5.97 Å². The van der Waals surface area contributed by atoms with Crippen LogP contribution in [0.3, 0.4) is 0 Å². The molecule has 3 unspecified atom stereocenters. The zero-order chi connectivity index (χ0) is 16.3. The number of amides is 2. The summed E-state index contributed by atoms with van der Waals surface area (Å²) in [7, 11) is 1.59. The molecular weight excluding hydrogens is 288 g/mol. The van der Waals surface area contributed by atoms with Crippen LogP contribution in [0.5, 0.6) is 0 Å². The van der Waals surface area contributed by atoms with Crippen molar-refractivity contribution in [3.63, 3.8) is 0 Å². The Balaban J connectivity index is 1.85. The molecule has 2 saturated heterocycles. The van der Waals surface area contributed by atoms with Gasteiger partial charge in [-0.1, -0.05) is 0 Å². The number of piperidine rings is 1. The quantitative estimate of drug-likeness (QED) is 0.808. The van der Waals surface area contributed by atoms with Gasteiger partial charge < -0.3 is 19.6 Å². The van der Waals surface area contributed by atoms with Crippen LogP contribution in [-0.2, 0) is 19.1 Å². The maximum atomic E-state index is 12.3. The van der Waals surface area contributed by atoms with Gasteiger partial charge in [-0.25, -0.2) is 0 Å². The number of carbonyl (C=O) groups excluding carboxylic acids is 2.